The molecule has 0 saturated carbocycles. The van der Waals surface area contributed by atoms with Gasteiger partial charge in [-0.15, -0.1) is 0 Å². The summed E-state index contributed by atoms with van der Waals surface area (Å²) in [6.45, 7) is 6.24. The Balaban J connectivity index is 1.93. The Morgan fingerprint density at radius 3 is 2.95 bits per heavy atom. The summed E-state index contributed by atoms with van der Waals surface area (Å²) in [6, 6.07) is 0.271. The molecular formula is C12H21N5O2. The molecule has 0 spiro atoms. The summed E-state index contributed by atoms with van der Waals surface area (Å²) in [4.78, 5) is 12.2. The van der Waals surface area contributed by atoms with Crippen LogP contribution in [0, 0.1) is 5.92 Å². The highest BCUT2D eigenvalue weighted by Gasteiger charge is 2.24. The van der Waals surface area contributed by atoms with E-state index in [4.69, 9.17) is 15.2 Å². The molecule has 0 amide bonds. The second-order valence-corrected chi connectivity index (χ2v) is 4.65. The summed E-state index contributed by atoms with van der Waals surface area (Å²) in [5.74, 6) is 1.09. The van der Waals surface area contributed by atoms with E-state index in [1.807, 2.05) is 6.92 Å². The van der Waals surface area contributed by atoms with Crippen molar-refractivity contribution in [3.63, 3.8) is 0 Å². The third-order valence-electron chi connectivity index (χ3n) is 3.12. The lowest BCUT2D eigenvalue weighted by atomic mass is 10.0. The number of nitrogens with two attached hydrogens (primary N) is 1. The maximum Gasteiger partial charge on any atom is 0.323 e. The summed E-state index contributed by atoms with van der Waals surface area (Å²) in [6.07, 6.45) is 2.21. The fraction of sp³-hybridized carbons (Fsp3) is 0.750. The second-order valence-electron chi connectivity index (χ2n) is 4.65. The van der Waals surface area contributed by atoms with Gasteiger partial charge in [-0.1, -0.05) is 6.92 Å². The molecule has 3 N–H and O–H groups in total. The summed E-state index contributed by atoms with van der Waals surface area (Å²) in [7, 11) is 0. The van der Waals surface area contributed by atoms with Gasteiger partial charge in [0.15, 0.2) is 0 Å². The number of ether oxygens (including phenoxy) is 2. The number of nitrogens with zero attached hydrogens (tertiary/aromatic N) is 3. The SMILES string of the molecule is CCCOc1nc(N)nc(NCC2CCOC2C)n1. The van der Waals surface area contributed by atoms with Crippen LogP contribution < -0.4 is 15.8 Å². The third kappa shape index (κ3) is 3.92. The number of hydrogen-bond acceptors (Lipinski definition) is 7. The number of aromatic nitrogens is 3. The van der Waals surface area contributed by atoms with E-state index in [-0.39, 0.29) is 18.1 Å². The number of nitrogens with one attached hydrogen (secondary N) is 1. The molecule has 2 unspecified atom stereocenters. The fourth-order valence-corrected chi connectivity index (χ4v) is 1.98. The molecule has 1 aromatic heterocycles. The molecule has 19 heavy (non-hydrogen) atoms. The van der Waals surface area contributed by atoms with Crippen LogP contribution >= 0.6 is 0 Å². The monoisotopic (exact) mass is 267 g/mol. The summed E-state index contributed by atoms with van der Waals surface area (Å²) >= 11 is 0. The van der Waals surface area contributed by atoms with Crippen LogP contribution in [-0.4, -0.2) is 40.8 Å². The Kier molecular flexibility index (Phi) is 4.73. The number of hydrogen-bond donors (Lipinski definition) is 2. The quantitative estimate of drug-likeness (QED) is 0.796. The average molecular weight is 267 g/mol. The van der Waals surface area contributed by atoms with Crippen molar-refractivity contribution < 1.29 is 9.47 Å². The molecule has 2 rings (SSSR count). The largest absolute Gasteiger partial charge is 0.463 e. The Morgan fingerprint density at radius 2 is 2.26 bits per heavy atom. The van der Waals surface area contributed by atoms with E-state index in [9.17, 15) is 0 Å². The fourth-order valence-electron chi connectivity index (χ4n) is 1.98. The molecule has 7 heteroatoms. The average Bonchev–Trinajstić information content (AvgIpc) is 2.79. The van der Waals surface area contributed by atoms with Crippen LogP contribution in [0.15, 0.2) is 0 Å². The smallest absolute Gasteiger partial charge is 0.323 e. The van der Waals surface area contributed by atoms with E-state index < -0.39 is 0 Å². The minimum absolute atomic E-state index is 0.166. The third-order valence-corrected chi connectivity index (χ3v) is 3.12. The lowest BCUT2D eigenvalue weighted by Gasteiger charge is -2.14. The predicted octanol–water partition coefficient (Wildman–Crippen LogP) is 1.08. The zero-order chi connectivity index (χ0) is 13.7. The first kappa shape index (κ1) is 13.8. The zero-order valence-corrected chi connectivity index (χ0v) is 11.4. The highest BCUT2D eigenvalue weighted by molar-refractivity contribution is 5.32. The van der Waals surface area contributed by atoms with Crippen LogP contribution in [0.1, 0.15) is 26.7 Å². The van der Waals surface area contributed by atoms with E-state index in [1.165, 1.54) is 0 Å². The molecule has 0 aromatic carbocycles. The number of anilines is 2. The molecule has 1 fully saturated rings. The molecule has 1 aliphatic rings. The van der Waals surface area contributed by atoms with Gasteiger partial charge < -0.3 is 20.5 Å². The lowest BCUT2D eigenvalue weighted by molar-refractivity contribution is 0.108. The van der Waals surface area contributed by atoms with Crippen molar-refractivity contribution in [1.29, 1.82) is 0 Å². The summed E-state index contributed by atoms with van der Waals surface area (Å²) in [5.41, 5.74) is 5.64. The van der Waals surface area contributed by atoms with E-state index in [1.54, 1.807) is 0 Å². The highest BCUT2D eigenvalue weighted by atomic mass is 16.5. The number of rotatable bonds is 6. The van der Waals surface area contributed by atoms with Gasteiger partial charge >= 0.3 is 6.01 Å². The molecule has 106 valence electrons. The molecule has 1 aromatic rings. The van der Waals surface area contributed by atoms with Crippen molar-refractivity contribution in [3.8, 4) is 6.01 Å². The van der Waals surface area contributed by atoms with Crippen molar-refractivity contribution in [3.05, 3.63) is 0 Å². The molecule has 1 aliphatic heterocycles. The molecule has 0 bridgehead atoms. The zero-order valence-electron chi connectivity index (χ0n) is 11.4. The van der Waals surface area contributed by atoms with Gasteiger partial charge in [-0.2, -0.15) is 15.0 Å². The molecule has 0 radical (unpaired) electrons. The van der Waals surface area contributed by atoms with Crippen molar-refractivity contribution in [2.75, 3.05) is 30.8 Å². The van der Waals surface area contributed by atoms with Crippen molar-refractivity contribution in [2.24, 2.45) is 5.92 Å². The van der Waals surface area contributed by atoms with E-state index in [2.05, 4.69) is 27.2 Å². The Labute approximate surface area is 112 Å². The normalized spacial score (nSPS) is 22.4. The Bertz CT molecular complexity index is 415. The lowest BCUT2D eigenvalue weighted by Crippen LogP contribution is -2.22. The van der Waals surface area contributed by atoms with Crippen LogP contribution in [0.25, 0.3) is 0 Å². The molecule has 1 saturated heterocycles. The van der Waals surface area contributed by atoms with E-state index >= 15 is 0 Å². The molecule has 7 nitrogen and oxygen atoms in total. The standard InChI is InChI=1S/C12H21N5O2/c1-3-5-19-12-16-10(13)15-11(17-12)14-7-9-4-6-18-8(9)2/h8-9H,3-7H2,1-2H3,(H3,13,14,15,16,17). The maximum absolute atomic E-state index is 5.64. The number of nitrogen functional groups attached to an aromatic ring is 1. The minimum atomic E-state index is 0.166. The predicted molar refractivity (Wildman–Crippen MR) is 72.0 cm³/mol. The van der Waals surface area contributed by atoms with Crippen molar-refractivity contribution >= 4 is 11.9 Å². The first-order valence-corrected chi connectivity index (χ1v) is 6.69. The Hall–Kier alpha value is -1.63. The Morgan fingerprint density at radius 1 is 1.42 bits per heavy atom. The second kappa shape index (κ2) is 6.51. The van der Waals surface area contributed by atoms with E-state index in [0.717, 1.165) is 26.0 Å². The van der Waals surface area contributed by atoms with Gasteiger partial charge in [-0.25, -0.2) is 0 Å². The van der Waals surface area contributed by atoms with Gasteiger partial charge in [0.2, 0.25) is 11.9 Å². The van der Waals surface area contributed by atoms with Crippen LogP contribution in [0.5, 0.6) is 6.01 Å². The van der Waals surface area contributed by atoms with Crippen LogP contribution in [0.2, 0.25) is 0 Å². The summed E-state index contributed by atoms with van der Waals surface area (Å²) < 4.78 is 10.9. The van der Waals surface area contributed by atoms with Gasteiger partial charge in [-0.05, 0) is 19.8 Å². The minimum Gasteiger partial charge on any atom is -0.463 e. The van der Waals surface area contributed by atoms with Crippen LogP contribution in [-0.2, 0) is 4.74 Å². The highest BCUT2D eigenvalue weighted by Crippen LogP contribution is 2.20. The molecular weight excluding hydrogens is 246 g/mol. The molecule has 2 atom stereocenters. The van der Waals surface area contributed by atoms with Crippen molar-refractivity contribution in [1.82, 2.24) is 15.0 Å². The van der Waals surface area contributed by atoms with Gasteiger partial charge in [0.25, 0.3) is 0 Å². The van der Waals surface area contributed by atoms with Gasteiger partial charge in [0.05, 0.1) is 12.7 Å². The van der Waals surface area contributed by atoms with Crippen LogP contribution in [0.4, 0.5) is 11.9 Å². The molecule has 2 heterocycles. The topological polar surface area (TPSA) is 95.2 Å². The maximum atomic E-state index is 5.64. The molecule has 0 aliphatic carbocycles. The van der Waals surface area contributed by atoms with Gasteiger partial charge in [0, 0.05) is 19.1 Å². The van der Waals surface area contributed by atoms with Crippen molar-refractivity contribution in [2.45, 2.75) is 32.8 Å². The van der Waals surface area contributed by atoms with Gasteiger partial charge in [-0.3, -0.25) is 0 Å². The summed E-state index contributed by atoms with van der Waals surface area (Å²) in [5, 5.41) is 3.17. The first-order valence-electron chi connectivity index (χ1n) is 6.69. The van der Waals surface area contributed by atoms with E-state index in [0.29, 0.717) is 18.5 Å². The first-order chi connectivity index (χ1) is 9.19. The van der Waals surface area contributed by atoms with Gasteiger partial charge in [0.1, 0.15) is 0 Å². The van der Waals surface area contributed by atoms with Crippen LogP contribution in [0.3, 0.4) is 0 Å².